The fourth-order valence-electron chi connectivity index (χ4n) is 4.34. The van der Waals surface area contributed by atoms with Crippen LogP contribution in [0.2, 0.25) is 0 Å². The molecule has 0 unspecified atom stereocenters. The van der Waals surface area contributed by atoms with Crippen molar-refractivity contribution in [1.82, 2.24) is 10.2 Å². The van der Waals surface area contributed by atoms with Gasteiger partial charge in [-0.25, -0.2) is 0 Å². The van der Waals surface area contributed by atoms with E-state index >= 15 is 0 Å². The number of amides is 1. The number of carbonyl (C=O) groups is 1. The Labute approximate surface area is 125 Å². The molecule has 1 fully saturated rings. The Hall–Kier alpha value is -0.570. The van der Waals surface area contributed by atoms with E-state index in [1.165, 1.54) is 0 Å². The van der Waals surface area contributed by atoms with Crippen LogP contribution in [0, 0.1) is 0 Å². The Morgan fingerprint density at radius 1 is 1.00 bits per heavy atom. The molecule has 0 aliphatic carbocycles. The van der Waals surface area contributed by atoms with Gasteiger partial charge in [0.15, 0.2) is 0 Å². The Morgan fingerprint density at radius 2 is 1.45 bits per heavy atom. The van der Waals surface area contributed by atoms with E-state index in [2.05, 4.69) is 58.7 Å². The first kappa shape index (κ1) is 17.5. The summed E-state index contributed by atoms with van der Waals surface area (Å²) in [5, 5.41) is 3.18. The second kappa shape index (κ2) is 6.05. The molecule has 0 aromatic heterocycles. The predicted octanol–water partition coefficient (Wildman–Crippen LogP) is 3.72. The van der Waals surface area contributed by atoms with E-state index in [4.69, 9.17) is 0 Å². The van der Waals surface area contributed by atoms with E-state index in [0.717, 1.165) is 32.2 Å². The van der Waals surface area contributed by atoms with E-state index in [1.807, 2.05) is 0 Å². The van der Waals surface area contributed by atoms with Crippen molar-refractivity contribution in [2.75, 3.05) is 6.54 Å². The third-order valence-electron chi connectivity index (χ3n) is 5.36. The van der Waals surface area contributed by atoms with Crippen LogP contribution in [0.1, 0.15) is 80.6 Å². The predicted molar refractivity (Wildman–Crippen MR) is 85.8 cm³/mol. The molecule has 3 heteroatoms. The lowest BCUT2D eigenvalue weighted by Crippen LogP contribution is -2.67. The Balaban J connectivity index is 3.48. The summed E-state index contributed by atoms with van der Waals surface area (Å²) in [5.41, 5.74) is 0.103. The molecule has 1 heterocycles. The Kier molecular flexibility index (Phi) is 5.29. The average molecular weight is 282 g/mol. The molecule has 1 N–H and O–H groups in total. The van der Waals surface area contributed by atoms with E-state index in [9.17, 15) is 4.79 Å². The molecule has 3 nitrogen and oxygen atoms in total. The van der Waals surface area contributed by atoms with Crippen molar-refractivity contribution in [2.45, 2.75) is 97.2 Å². The summed E-state index contributed by atoms with van der Waals surface area (Å²) in [6, 6.07) is 0. The molecule has 0 radical (unpaired) electrons. The highest BCUT2D eigenvalue weighted by molar-refractivity contribution is 5.77. The lowest BCUT2D eigenvalue weighted by molar-refractivity contribution is -0.125. The van der Waals surface area contributed by atoms with Gasteiger partial charge in [0, 0.05) is 29.6 Å². The summed E-state index contributed by atoms with van der Waals surface area (Å²) >= 11 is 0. The van der Waals surface area contributed by atoms with Crippen LogP contribution in [0.4, 0.5) is 0 Å². The normalized spacial score (nSPS) is 23.2. The largest absolute Gasteiger partial charge is 0.354 e. The quantitative estimate of drug-likeness (QED) is 0.852. The van der Waals surface area contributed by atoms with Gasteiger partial charge in [0.1, 0.15) is 0 Å². The molecule has 1 amide bonds. The fourth-order valence-corrected chi connectivity index (χ4v) is 4.34. The molecule has 1 rings (SSSR count). The smallest absolute Gasteiger partial charge is 0.221 e. The van der Waals surface area contributed by atoms with Crippen molar-refractivity contribution < 1.29 is 4.79 Å². The molecule has 0 aromatic rings. The third-order valence-corrected chi connectivity index (χ3v) is 5.36. The molecule has 1 aliphatic rings. The van der Waals surface area contributed by atoms with Crippen LogP contribution < -0.4 is 5.32 Å². The molecule has 1 saturated heterocycles. The van der Waals surface area contributed by atoms with Gasteiger partial charge < -0.3 is 5.32 Å². The lowest BCUT2D eigenvalue weighted by atomic mass is 9.76. The number of carbonyl (C=O) groups excluding carboxylic acids is 1. The van der Waals surface area contributed by atoms with Crippen LogP contribution in [-0.2, 0) is 4.79 Å². The van der Waals surface area contributed by atoms with Crippen molar-refractivity contribution in [2.24, 2.45) is 0 Å². The standard InChI is InChI=1S/C17H34N2O/c1-8-16(9-2)12-14(20)18-13-17(10-3,11-4)19(16)15(5,6)7/h8-13H2,1-7H3,(H,18,20). The van der Waals surface area contributed by atoms with E-state index < -0.39 is 0 Å². The maximum absolute atomic E-state index is 12.3. The Morgan fingerprint density at radius 3 is 1.80 bits per heavy atom. The summed E-state index contributed by atoms with van der Waals surface area (Å²) in [5.74, 6) is 0.215. The van der Waals surface area contributed by atoms with Gasteiger partial charge in [-0.2, -0.15) is 0 Å². The number of rotatable bonds is 4. The van der Waals surface area contributed by atoms with E-state index in [0.29, 0.717) is 6.42 Å². The minimum Gasteiger partial charge on any atom is -0.354 e. The van der Waals surface area contributed by atoms with Crippen LogP contribution in [0.3, 0.4) is 0 Å². The Bertz CT molecular complexity index is 335. The summed E-state index contributed by atoms with van der Waals surface area (Å²) in [6.45, 7) is 16.6. The van der Waals surface area contributed by atoms with Crippen molar-refractivity contribution in [3.8, 4) is 0 Å². The maximum Gasteiger partial charge on any atom is 0.221 e. The summed E-state index contributed by atoms with van der Waals surface area (Å²) in [4.78, 5) is 15.0. The molecule has 0 aromatic carbocycles. The molecule has 0 spiro atoms. The van der Waals surface area contributed by atoms with Crippen molar-refractivity contribution >= 4 is 5.91 Å². The number of nitrogens with zero attached hydrogens (tertiary/aromatic N) is 1. The maximum atomic E-state index is 12.3. The van der Waals surface area contributed by atoms with E-state index in [-0.39, 0.29) is 22.5 Å². The molecular weight excluding hydrogens is 248 g/mol. The number of nitrogens with one attached hydrogen (secondary N) is 1. The van der Waals surface area contributed by atoms with Crippen LogP contribution in [0.15, 0.2) is 0 Å². The fraction of sp³-hybridized carbons (Fsp3) is 0.941. The molecule has 0 atom stereocenters. The van der Waals surface area contributed by atoms with E-state index in [1.54, 1.807) is 0 Å². The van der Waals surface area contributed by atoms with Gasteiger partial charge in [-0.05, 0) is 46.5 Å². The first-order chi connectivity index (χ1) is 9.21. The summed E-state index contributed by atoms with van der Waals surface area (Å²) < 4.78 is 0. The van der Waals surface area contributed by atoms with Gasteiger partial charge in [-0.3, -0.25) is 9.69 Å². The van der Waals surface area contributed by atoms with Crippen LogP contribution in [0.5, 0.6) is 0 Å². The summed E-state index contributed by atoms with van der Waals surface area (Å²) in [7, 11) is 0. The summed E-state index contributed by atoms with van der Waals surface area (Å²) in [6.07, 6.45) is 4.82. The van der Waals surface area contributed by atoms with Gasteiger partial charge in [-0.1, -0.05) is 27.7 Å². The van der Waals surface area contributed by atoms with Crippen molar-refractivity contribution in [1.29, 1.82) is 0 Å². The highest BCUT2D eigenvalue weighted by atomic mass is 16.1. The zero-order valence-corrected chi connectivity index (χ0v) is 14.6. The van der Waals surface area contributed by atoms with Gasteiger partial charge in [0.2, 0.25) is 5.91 Å². The van der Waals surface area contributed by atoms with Crippen molar-refractivity contribution in [3.05, 3.63) is 0 Å². The monoisotopic (exact) mass is 282 g/mol. The van der Waals surface area contributed by atoms with Crippen LogP contribution in [0.25, 0.3) is 0 Å². The minimum atomic E-state index is -0.0230. The second-order valence-corrected chi connectivity index (χ2v) is 7.32. The SMILES string of the molecule is CCC1(CC)CNC(=O)CC(CC)(CC)N1C(C)(C)C. The van der Waals surface area contributed by atoms with Gasteiger partial charge in [0.05, 0.1) is 0 Å². The molecule has 0 saturated carbocycles. The molecule has 20 heavy (non-hydrogen) atoms. The number of hydrogen-bond donors (Lipinski definition) is 1. The highest BCUT2D eigenvalue weighted by Gasteiger charge is 2.52. The minimum absolute atomic E-state index is 0.0230. The molecule has 118 valence electrons. The first-order valence-corrected chi connectivity index (χ1v) is 8.28. The second-order valence-electron chi connectivity index (χ2n) is 7.32. The zero-order valence-electron chi connectivity index (χ0n) is 14.6. The molecule has 1 aliphatic heterocycles. The van der Waals surface area contributed by atoms with Crippen molar-refractivity contribution in [3.63, 3.8) is 0 Å². The molecule has 0 bridgehead atoms. The first-order valence-electron chi connectivity index (χ1n) is 8.28. The van der Waals surface area contributed by atoms with Crippen LogP contribution in [-0.4, -0.2) is 34.0 Å². The average Bonchev–Trinajstić information content (AvgIpc) is 2.53. The third kappa shape index (κ3) is 2.88. The van der Waals surface area contributed by atoms with Crippen LogP contribution >= 0.6 is 0 Å². The zero-order chi connectivity index (χ0) is 15.6. The van der Waals surface area contributed by atoms with Gasteiger partial charge >= 0.3 is 0 Å². The highest BCUT2D eigenvalue weighted by Crippen LogP contribution is 2.44. The number of hydrogen-bond acceptors (Lipinski definition) is 2. The topological polar surface area (TPSA) is 32.3 Å². The lowest BCUT2D eigenvalue weighted by Gasteiger charge is -2.58. The van der Waals surface area contributed by atoms with Gasteiger partial charge in [-0.15, -0.1) is 0 Å². The van der Waals surface area contributed by atoms with Gasteiger partial charge in [0.25, 0.3) is 0 Å². The molecular formula is C17H34N2O.